The third kappa shape index (κ3) is 4.32. The molecular weight excluding hydrogens is 348 g/mol. The Balaban J connectivity index is 1.66. The van der Waals surface area contributed by atoms with Crippen LogP contribution in [0.1, 0.15) is 49.9 Å². The molecule has 2 atom stereocenters. The summed E-state index contributed by atoms with van der Waals surface area (Å²) in [6.45, 7) is 7.82. The quantitative estimate of drug-likeness (QED) is 0.691. The van der Waals surface area contributed by atoms with Crippen LogP contribution in [-0.4, -0.2) is 35.0 Å². The number of hydrogen-bond acceptors (Lipinski definition) is 5. The Morgan fingerprint density at radius 3 is 3.04 bits per heavy atom. The Labute approximate surface area is 157 Å². The van der Waals surface area contributed by atoms with Gasteiger partial charge < -0.3 is 15.6 Å². The molecule has 0 bridgehead atoms. The van der Waals surface area contributed by atoms with Gasteiger partial charge in [-0.25, -0.2) is 4.98 Å². The minimum absolute atomic E-state index is 0.0169. The molecule has 0 aliphatic heterocycles. The van der Waals surface area contributed by atoms with Crippen molar-refractivity contribution in [2.75, 3.05) is 13.1 Å². The molecule has 142 valence electrons. The second-order valence-electron chi connectivity index (χ2n) is 7.31. The van der Waals surface area contributed by atoms with Crippen LogP contribution in [0.25, 0.3) is 10.2 Å². The standard InChI is InChI=1S/C19H28N4O2S/c1-4-20-12(3)10-21-16(24)8-7-15-22-18(25)17-13-6-5-11(2)9-14(13)26-19(17)23-15/h11-12,20H,4-10H2,1-3H3,(H,21,24)(H,22,23,25)/t11?,12-/m1/s1. The number of carbonyl (C=O) groups is 1. The highest BCUT2D eigenvalue weighted by atomic mass is 32.1. The Hall–Kier alpha value is -1.73. The average Bonchev–Trinajstić information content (AvgIpc) is 2.96. The van der Waals surface area contributed by atoms with Crippen molar-refractivity contribution in [3.63, 3.8) is 0 Å². The minimum Gasteiger partial charge on any atom is -0.355 e. The molecule has 1 aliphatic rings. The third-order valence-electron chi connectivity index (χ3n) is 4.96. The summed E-state index contributed by atoms with van der Waals surface area (Å²) in [5.74, 6) is 1.25. The summed E-state index contributed by atoms with van der Waals surface area (Å²) in [5.41, 5.74) is 1.14. The zero-order valence-electron chi connectivity index (χ0n) is 15.8. The first-order chi connectivity index (χ1) is 12.5. The van der Waals surface area contributed by atoms with Gasteiger partial charge in [0.05, 0.1) is 5.39 Å². The van der Waals surface area contributed by atoms with Crippen molar-refractivity contribution in [3.8, 4) is 0 Å². The van der Waals surface area contributed by atoms with Crippen molar-refractivity contribution in [3.05, 3.63) is 26.6 Å². The minimum atomic E-state index is -0.0572. The van der Waals surface area contributed by atoms with E-state index in [9.17, 15) is 9.59 Å². The lowest BCUT2D eigenvalue weighted by molar-refractivity contribution is -0.121. The number of thiophene rings is 1. The second-order valence-corrected chi connectivity index (χ2v) is 8.39. The molecule has 3 N–H and O–H groups in total. The van der Waals surface area contributed by atoms with E-state index in [4.69, 9.17) is 0 Å². The first-order valence-corrected chi connectivity index (χ1v) is 10.3. The van der Waals surface area contributed by atoms with Crippen LogP contribution < -0.4 is 16.2 Å². The van der Waals surface area contributed by atoms with Gasteiger partial charge in [-0.2, -0.15) is 0 Å². The SMILES string of the molecule is CCN[C@H](C)CNC(=O)CCc1nc2sc3c(c2c(=O)[nH]1)CCC(C)C3. The number of aryl methyl sites for hydroxylation is 2. The van der Waals surface area contributed by atoms with Gasteiger partial charge in [0.15, 0.2) is 0 Å². The summed E-state index contributed by atoms with van der Waals surface area (Å²) >= 11 is 1.65. The molecule has 0 saturated carbocycles. The third-order valence-corrected chi connectivity index (χ3v) is 6.11. The number of aromatic amines is 1. The van der Waals surface area contributed by atoms with Gasteiger partial charge in [0.2, 0.25) is 5.91 Å². The number of aromatic nitrogens is 2. The molecule has 0 aromatic carbocycles. The van der Waals surface area contributed by atoms with Crippen LogP contribution in [-0.2, 0) is 24.1 Å². The van der Waals surface area contributed by atoms with E-state index in [1.807, 2.05) is 13.8 Å². The lowest BCUT2D eigenvalue weighted by Crippen LogP contribution is -2.38. The Morgan fingerprint density at radius 1 is 1.46 bits per heavy atom. The highest BCUT2D eigenvalue weighted by molar-refractivity contribution is 7.18. The zero-order chi connectivity index (χ0) is 18.7. The molecule has 1 amide bonds. The maximum absolute atomic E-state index is 12.5. The van der Waals surface area contributed by atoms with Crippen LogP contribution in [0.2, 0.25) is 0 Å². The van der Waals surface area contributed by atoms with Gasteiger partial charge in [-0.1, -0.05) is 13.8 Å². The van der Waals surface area contributed by atoms with Crippen molar-refractivity contribution in [1.82, 2.24) is 20.6 Å². The van der Waals surface area contributed by atoms with Gasteiger partial charge in [0.1, 0.15) is 10.7 Å². The lowest BCUT2D eigenvalue weighted by Gasteiger charge is -2.17. The van der Waals surface area contributed by atoms with E-state index >= 15 is 0 Å². The van der Waals surface area contributed by atoms with Gasteiger partial charge >= 0.3 is 0 Å². The number of hydrogen-bond donors (Lipinski definition) is 3. The monoisotopic (exact) mass is 376 g/mol. The fourth-order valence-electron chi connectivity index (χ4n) is 3.52. The Morgan fingerprint density at radius 2 is 2.27 bits per heavy atom. The van der Waals surface area contributed by atoms with Crippen molar-refractivity contribution >= 4 is 27.5 Å². The van der Waals surface area contributed by atoms with Crippen LogP contribution in [0, 0.1) is 5.92 Å². The largest absolute Gasteiger partial charge is 0.355 e. The summed E-state index contributed by atoms with van der Waals surface area (Å²) < 4.78 is 0. The molecular formula is C19H28N4O2S. The maximum Gasteiger partial charge on any atom is 0.259 e. The average molecular weight is 377 g/mol. The molecule has 3 rings (SSSR count). The van der Waals surface area contributed by atoms with Gasteiger partial charge in [0.25, 0.3) is 5.56 Å². The van der Waals surface area contributed by atoms with E-state index in [1.54, 1.807) is 11.3 Å². The maximum atomic E-state index is 12.5. The summed E-state index contributed by atoms with van der Waals surface area (Å²) in [6, 6.07) is 0.248. The van der Waals surface area contributed by atoms with Crippen molar-refractivity contribution in [2.45, 2.75) is 58.9 Å². The highest BCUT2D eigenvalue weighted by Crippen LogP contribution is 2.35. The van der Waals surface area contributed by atoms with Gasteiger partial charge in [-0.3, -0.25) is 9.59 Å². The van der Waals surface area contributed by atoms with Crippen molar-refractivity contribution in [1.29, 1.82) is 0 Å². The Bertz CT molecular complexity index is 842. The molecule has 0 radical (unpaired) electrons. The van der Waals surface area contributed by atoms with Crippen molar-refractivity contribution < 1.29 is 4.79 Å². The Kier molecular flexibility index (Phi) is 6.09. The summed E-state index contributed by atoms with van der Waals surface area (Å²) in [5, 5.41) is 6.94. The van der Waals surface area contributed by atoms with Gasteiger partial charge in [-0.05, 0) is 44.2 Å². The molecule has 7 heteroatoms. The molecule has 0 fully saturated rings. The molecule has 2 heterocycles. The normalized spacial score (nSPS) is 17.9. The summed E-state index contributed by atoms with van der Waals surface area (Å²) in [7, 11) is 0. The molecule has 2 aromatic rings. The number of likely N-dealkylation sites (N-methyl/N-ethyl adjacent to an activating group) is 1. The number of rotatable bonds is 7. The van der Waals surface area contributed by atoms with Gasteiger partial charge in [-0.15, -0.1) is 11.3 Å². The van der Waals surface area contributed by atoms with E-state index in [1.165, 1.54) is 10.4 Å². The number of fused-ring (bicyclic) bond motifs is 3. The molecule has 0 spiro atoms. The van der Waals surface area contributed by atoms with E-state index < -0.39 is 0 Å². The molecule has 0 saturated heterocycles. The molecule has 1 unspecified atom stereocenters. The predicted molar refractivity (Wildman–Crippen MR) is 106 cm³/mol. The van der Waals surface area contributed by atoms with E-state index in [2.05, 4.69) is 27.5 Å². The number of carbonyl (C=O) groups excluding carboxylic acids is 1. The predicted octanol–water partition coefficient (Wildman–Crippen LogP) is 2.16. The summed E-state index contributed by atoms with van der Waals surface area (Å²) in [6.07, 6.45) is 3.91. The molecule has 6 nitrogen and oxygen atoms in total. The van der Waals surface area contributed by atoms with Crippen LogP contribution in [0.5, 0.6) is 0 Å². The smallest absolute Gasteiger partial charge is 0.259 e. The molecule has 2 aromatic heterocycles. The van der Waals surface area contributed by atoms with Crippen LogP contribution >= 0.6 is 11.3 Å². The highest BCUT2D eigenvalue weighted by Gasteiger charge is 2.23. The van der Waals surface area contributed by atoms with Crippen LogP contribution in [0.15, 0.2) is 4.79 Å². The zero-order valence-corrected chi connectivity index (χ0v) is 16.6. The second kappa shape index (κ2) is 8.31. The lowest BCUT2D eigenvalue weighted by atomic mass is 9.89. The number of nitrogens with one attached hydrogen (secondary N) is 3. The van der Waals surface area contributed by atoms with E-state index in [0.29, 0.717) is 31.1 Å². The van der Waals surface area contributed by atoms with E-state index in [0.717, 1.165) is 36.0 Å². The summed E-state index contributed by atoms with van der Waals surface area (Å²) in [4.78, 5) is 34.2. The van der Waals surface area contributed by atoms with Gasteiger partial charge in [0, 0.05) is 30.3 Å². The number of nitrogens with zero attached hydrogens (tertiary/aromatic N) is 1. The first-order valence-electron chi connectivity index (χ1n) is 9.51. The van der Waals surface area contributed by atoms with Crippen LogP contribution in [0.3, 0.4) is 0 Å². The number of amides is 1. The fourth-order valence-corrected chi connectivity index (χ4v) is 4.92. The molecule has 26 heavy (non-hydrogen) atoms. The van der Waals surface area contributed by atoms with Crippen molar-refractivity contribution in [2.24, 2.45) is 5.92 Å². The first kappa shape index (κ1) is 19.0. The van der Waals surface area contributed by atoms with Crippen LogP contribution in [0.4, 0.5) is 0 Å². The topological polar surface area (TPSA) is 86.9 Å². The number of H-pyrrole nitrogens is 1. The van der Waals surface area contributed by atoms with E-state index in [-0.39, 0.29) is 17.5 Å². The molecule has 1 aliphatic carbocycles. The fraction of sp³-hybridized carbons (Fsp3) is 0.632.